The first-order chi connectivity index (χ1) is 17.4. The Bertz CT molecular complexity index is 1110. The molecule has 1 N–H and O–H groups in total. The van der Waals surface area contributed by atoms with Gasteiger partial charge >= 0.3 is 0 Å². The van der Waals surface area contributed by atoms with Gasteiger partial charge in [0.15, 0.2) is 23.0 Å². The van der Waals surface area contributed by atoms with Gasteiger partial charge in [0.1, 0.15) is 0 Å². The third-order valence-electron chi connectivity index (χ3n) is 7.41. The number of methoxy groups -OCH3 is 4. The Balaban J connectivity index is 1.84. The fourth-order valence-electron chi connectivity index (χ4n) is 5.50. The lowest BCUT2D eigenvalue weighted by Crippen LogP contribution is -2.47. The minimum Gasteiger partial charge on any atom is -0.493 e. The summed E-state index contributed by atoms with van der Waals surface area (Å²) in [7, 11) is 7.96. The normalized spacial score (nSPS) is 20.2. The lowest BCUT2D eigenvalue weighted by Gasteiger charge is -2.40. The lowest BCUT2D eigenvalue weighted by atomic mass is 9.79. The molecule has 1 fully saturated rings. The summed E-state index contributed by atoms with van der Waals surface area (Å²) < 4.78 is 21.9. The van der Waals surface area contributed by atoms with Crippen LogP contribution in [-0.4, -0.2) is 58.2 Å². The smallest absolute Gasteiger partial charge is 0.254 e. The number of fused-ring (bicyclic) bond motifs is 1. The maximum absolute atomic E-state index is 14.0. The summed E-state index contributed by atoms with van der Waals surface area (Å²) in [5.74, 6) is 1.11. The number of likely N-dealkylation sites (N-methyl/N-ethyl adjacent to an activating group) is 1. The van der Waals surface area contributed by atoms with E-state index in [1.54, 1.807) is 51.5 Å². The standard InChI is InChI=1S/C28H36N2O6/c1-30-26(17-12-13-21(33-2)22(14-17)34-3)25(27(31)29-18-10-8-6-7-9-11-18)19-15-23(35-4)24(36-5)16-20(19)28(30)32/h12-16,18,25-26H,6-11H2,1-5H3,(H,29,31). The molecule has 0 aromatic heterocycles. The van der Waals surface area contributed by atoms with Gasteiger partial charge in [0.05, 0.1) is 40.4 Å². The van der Waals surface area contributed by atoms with Crippen LogP contribution in [0.1, 0.15) is 72.0 Å². The highest BCUT2D eigenvalue weighted by molar-refractivity contribution is 6.02. The number of benzene rings is 2. The summed E-state index contributed by atoms with van der Waals surface area (Å²) in [4.78, 5) is 29.3. The van der Waals surface area contributed by atoms with Gasteiger partial charge in [-0.25, -0.2) is 0 Å². The summed E-state index contributed by atoms with van der Waals surface area (Å²) in [5, 5.41) is 3.32. The Hall–Kier alpha value is -3.42. The minimum atomic E-state index is -0.649. The van der Waals surface area contributed by atoms with E-state index in [2.05, 4.69) is 5.32 Å². The number of amides is 2. The molecule has 2 amide bonds. The third-order valence-corrected chi connectivity index (χ3v) is 7.41. The van der Waals surface area contributed by atoms with Crippen molar-refractivity contribution < 1.29 is 28.5 Å². The fraction of sp³-hybridized carbons (Fsp3) is 0.500. The average molecular weight is 497 g/mol. The first-order valence-corrected chi connectivity index (χ1v) is 12.5. The molecular weight excluding hydrogens is 460 g/mol. The molecule has 2 aromatic carbocycles. The van der Waals surface area contributed by atoms with Crippen LogP contribution in [0.5, 0.6) is 23.0 Å². The van der Waals surface area contributed by atoms with Crippen molar-refractivity contribution in [1.29, 1.82) is 0 Å². The van der Waals surface area contributed by atoms with E-state index in [0.29, 0.717) is 34.1 Å². The van der Waals surface area contributed by atoms with E-state index in [4.69, 9.17) is 18.9 Å². The van der Waals surface area contributed by atoms with Gasteiger partial charge < -0.3 is 29.2 Å². The number of nitrogens with one attached hydrogen (secondary N) is 1. The Morgan fingerprint density at radius 2 is 1.42 bits per heavy atom. The van der Waals surface area contributed by atoms with Crippen molar-refractivity contribution in [1.82, 2.24) is 10.2 Å². The Morgan fingerprint density at radius 3 is 2.03 bits per heavy atom. The van der Waals surface area contributed by atoms with Crippen molar-refractivity contribution in [2.75, 3.05) is 35.5 Å². The molecule has 2 aliphatic rings. The SMILES string of the molecule is COc1ccc(C2C(C(=O)NC3CCCCCC3)c3cc(OC)c(OC)cc3C(=O)N2C)cc1OC. The summed E-state index contributed by atoms with van der Waals surface area (Å²) in [6, 6.07) is 8.54. The monoisotopic (exact) mass is 496 g/mol. The molecular formula is C28H36N2O6. The van der Waals surface area contributed by atoms with Crippen LogP contribution in [-0.2, 0) is 4.79 Å². The maximum atomic E-state index is 14.0. The third kappa shape index (κ3) is 4.81. The van der Waals surface area contributed by atoms with Crippen molar-refractivity contribution >= 4 is 11.8 Å². The zero-order valence-corrected chi connectivity index (χ0v) is 21.8. The maximum Gasteiger partial charge on any atom is 0.254 e. The average Bonchev–Trinajstić information content (AvgIpc) is 3.17. The highest BCUT2D eigenvalue weighted by Crippen LogP contribution is 2.47. The van der Waals surface area contributed by atoms with Gasteiger partial charge in [-0.2, -0.15) is 0 Å². The second-order valence-corrected chi connectivity index (χ2v) is 9.44. The Kier molecular flexibility index (Phi) is 7.91. The molecule has 0 saturated heterocycles. The van der Waals surface area contributed by atoms with Gasteiger partial charge in [-0.1, -0.05) is 31.7 Å². The van der Waals surface area contributed by atoms with Crippen LogP contribution >= 0.6 is 0 Å². The van der Waals surface area contributed by atoms with Crippen molar-refractivity contribution in [3.63, 3.8) is 0 Å². The van der Waals surface area contributed by atoms with Gasteiger partial charge in [-0.05, 0) is 48.2 Å². The Labute approximate surface area is 212 Å². The molecule has 8 heteroatoms. The molecule has 8 nitrogen and oxygen atoms in total. The highest BCUT2D eigenvalue weighted by atomic mass is 16.5. The van der Waals surface area contributed by atoms with Crippen LogP contribution in [0.3, 0.4) is 0 Å². The van der Waals surface area contributed by atoms with Gasteiger partial charge in [0.25, 0.3) is 5.91 Å². The van der Waals surface area contributed by atoms with Gasteiger partial charge in [-0.3, -0.25) is 9.59 Å². The molecule has 0 radical (unpaired) electrons. The van der Waals surface area contributed by atoms with Crippen LogP contribution < -0.4 is 24.3 Å². The van der Waals surface area contributed by atoms with E-state index in [1.807, 2.05) is 12.1 Å². The summed E-state index contributed by atoms with van der Waals surface area (Å²) in [6.45, 7) is 0. The molecule has 1 saturated carbocycles. The van der Waals surface area contributed by atoms with Crippen molar-refractivity contribution in [3.8, 4) is 23.0 Å². The van der Waals surface area contributed by atoms with Crippen LogP contribution in [0.15, 0.2) is 30.3 Å². The second kappa shape index (κ2) is 11.1. The summed E-state index contributed by atoms with van der Waals surface area (Å²) in [5.41, 5.74) is 1.85. The summed E-state index contributed by atoms with van der Waals surface area (Å²) in [6.07, 6.45) is 6.53. The molecule has 194 valence electrons. The van der Waals surface area contributed by atoms with E-state index < -0.39 is 12.0 Å². The van der Waals surface area contributed by atoms with E-state index >= 15 is 0 Å². The second-order valence-electron chi connectivity index (χ2n) is 9.44. The van der Waals surface area contributed by atoms with Crippen LogP contribution in [0.25, 0.3) is 0 Å². The molecule has 1 aliphatic carbocycles. The van der Waals surface area contributed by atoms with Crippen LogP contribution in [0.2, 0.25) is 0 Å². The van der Waals surface area contributed by atoms with Gasteiger partial charge in [0, 0.05) is 18.7 Å². The number of rotatable bonds is 7. The largest absolute Gasteiger partial charge is 0.493 e. The molecule has 0 spiro atoms. The zero-order valence-electron chi connectivity index (χ0n) is 21.8. The quantitative estimate of drug-likeness (QED) is 0.569. The molecule has 1 heterocycles. The van der Waals surface area contributed by atoms with E-state index in [0.717, 1.165) is 31.2 Å². The lowest BCUT2D eigenvalue weighted by molar-refractivity contribution is -0.125. The molecule has 0 bridgehead atoms. The first-order valence-electron chi connectivity index (χ1n) is 12.5. The van der Waals surface area contributed by atoms with Crippen molar-refractivity contribution in [2.45, 2.75) is 56.5 Å². The topological polar surface area (TPSA) is 86.3 Å². The molecule has 2 atom stereocenters. The molecule has 4 rings (SSSR count). The number of nitrogens with zero attached hydrogens (tertiary/aromatic N) is 1. The van der Waals surface area contributed by atoms with E-state index in [1.165, 1.54) is 20.0 Å². The number of hydrogen-bond acceptors (Lipinski definition) is 6. The Morgan fingerprint density at radius 1 is 0.833 bits per heavy atom. The predicted molar refractivity (Wildman–Crippen MR) is 136 cm³/mol. The number of ether oxygens (including phenoxy) is 4. The first kappa shape index (κ1) is 25.7. The number of carbonyl (C=O) groups excluding carboxylic acids is 2. The predicted octanol–water partition coefficient (Wildman–Crippen LogP) is 4.47. The fourth-order valence-corrected chi connectivity index (χ4v) is 5.50. The molecule has 1 aliphatic heterocycles. The summed E-state index contributed by atoms with van der Waals surface area (Å²) >= 11 is 0. The van der Waals surface area contributed by atoms with Crippen molar-refractivity contribution in [2.24, 2.45) is 0 Å². The molecule has 2 unspecified atom stereocenters. The van der Waals surface area contributed by atoms with Crippen LogP contribution in [0, 0.1) is 0 Å². The highest BCUT2D eigenvalue weighted by Gasteiger charge is 2.44. The number of carbonyl (C=O) groups is 2. The molecule has 36 heavy (non-hydrogen) atoms. The van der Waals surface area contributed by atoms with Crippen LogP contribution in [0.4, 0.5) is 0 Å². The number of hydrogen-bond donors (Lipinski definition) is 1. The van der Waals surface area contributed by atoms with E-state index in [9.17, 15) is 9.59 Å². The van der Waals surface area contributed by atoms with Gasteiger partial charge in [0.2, 0.25) is 5.91 Å². The van der Waals surface area contributed by atoms with E-state index in [-0.39, 0.29) is 17.9 Å². The van der Waals surface area contributed by atoms with Gasteiger partial charge in [-0.15, -0.1) is 0 Å². The minimum absolute atomic E-state index is 0.102. The zero-order chi connectivity index (χ0) is 25.8. The molecule has 2 aromatic rings. The van der Waals surface area contributed by atoms with Crippen molar-refractivity contribution in [3.05, 3.63) is 47.0 Å².